The van der Waals surface area contributed by atoms with Gasteiger partial charge in [-0.05, 0) is 24.3 Å². The van der Waals surface area contributed by atoms with Crippen LogP contribution in [0.2, 0.25) is 0 Å². The number of hydrogen-bond donors (Lipinski definition) is 3. The van der Waals surface area contributed by atoms with Crippen LogP contribution in [0, 0.1) is 0 Å². The standard InChI is InChI=1S/C14H12BrN5O3S2/c15-7-1-3-8(4-2-7)16-10(21)5-9-12(23)18-14(25-9)20-19-13-17-11(22)6-24-13/h1-4,9H,5-6H2,(H,16,21)(H,17,19,22)(H,18,20,23)/t9-/m1/s1. The Balaban J connectivity index is 1.54. The van der Waals surface area contributed by atoms with Gasteiger partial charge in [0.2, 0.25) is 17.7 Å². The van der Waals surface area contributed by atoms with Crippen LogP contribution in [0.3, 0.4) is 0 Å². The molecule has 2 heterocycles. The highest BCUT2D eigenvalue weighted by molar-refractivity contribution is 9.10. The Morgan fingerprint density at radius 3 is 2.60 bits per heavy atom. The van der Waals surface area contributed by atoms with Crippen LogP contribution in [0.5, 0.6) is 0 Å². The SMILES string of the molecule is O=C1CS/C(=N/N=C2\NC(=O)[C@@H](CC(=O)Nc3ccc(Br)cc3)S2)N1. The fourth-order valence-electron chi connectivity index (χ4n) is 1.97. The second kappa shape index (κ2) is 8.02. The van der Waals surface area contributed by atoms with Gasteiger partial charge in [-0.3, -0.25) is 14.4 Å². The van der Waals surface area contributed by atoms with E-state index in [1.807, 2.05) is 12.1 Å². The van der Waals surface area contributed by atoms with E-state index in [2.05, 4.69) is 42.1 Å². The quantitative estimate of drug-likeness (QED) is 0.612. The summed E-state index contributed by atoms with van der Waals surface area (Å²) in [5, 5.41) is 15.8. The smallest absolute Gasteiger partial charge is 0.240 e. The summed E-state index contributed by atoms with van der Waals surface area (Å²) in [5.41, 5.74) is 0.658. The zero-order valence-electron chi connectivity index (χ0n) is 12.6. The number of benzene rings is 1. The van der Waals surface area contributed by atoms with Crippen LogP contribution < -0.4 is 16.0 Å². The first-order valence-corrected chi connectivity index (χ1v) is 9.76. The number of amides is 3. The molecule has 0 aromatic heterocycles. The maximum Gasteiger partial charge on any atom is 0.240 e. The van der Waals surface area contributed by atoms with Crippen LogP contribution >= 0.6 is 39.5 Å². The van der Waals surface area contributed by atoms with Crippen molar-refractivity contribution in [2.24, 2.45) is 10.2 Å². The lowest BCUT2D eigenvalue weighted by Gasteiger charge is -2.07. The molecule has 0 saturated carbocycles. The van der Waals surface area contributed by atoms with Gasteiger partial charge in [0.1, 0.15) is 5.25 Å². The number of carbonyl (C=O) groups is 3. The average molecular weight is 442 g/mol. The highest BCUT2D eigenvalue weighted by Gasteiger charge is 2.32. The van der Waals surface area contributed by atoms with Gasteiger partial charge in [0.25, 0.3) is 0 Å². The van der Waals surface area contributed by atoms with Gasteiger partial charge in [0.15, 0.2) is 10.3 Å². The van der Waals surface area contributed by atoms with Gasteiger partial charge in [-0.15, -0.1) is 10.2 Å². The number of anilines is 1. The largest absolute Gasteiger partial charge is 0.326 e. The van der Waals surface area contributed by atoms with Gasteiger partial charge in [-0.25, -0.2) is 0 Å². The van der Waals surface area contributed by atoms with E-state index in [1.165, 1.54) is 11.8 Å². The fraction of sp³-hybridized carbons (Fsp3) is 0.214. The highest BCUT2D eigenvalue weighted by atomic mass is 79.9. The van der Waals surface area contributed by atoms with Crippen molar-refractivity contribution in [2.45, 2.75) is 11.7 Å². The van der Waals surface area contributed by atoms with E-state index in [-0.39, 0.29) is 24.1 Å². The van der Waals surface area contributed by atoms with Crippen LogP contribution in [0.15, 0.2) is 38.9 Å². The van der Waals surface area contributed by atoms with E-state index in [4.69, 9.17) is 0 Å². The molecule has 3 N–H and O–H groups in total. The van der Waals surface area contributed by atoms with Gasteiger partial charge in [0.05, 0.1) is 5.75 Å². The second-order valence-corrected chi connectivity index (χ2v) is 8.07. The van der Waals surface area contributed by atoms with Crippen molar-refractivity contribution in [3.05, 3.63) is 28.7 Å². The number of nitrogens with zero attached hydrogens (tertiary/aromatic N) is 2. The summed E-state index contributed by atoms with van der Waals surface area (Å²) in [6, 6.07) is 7.16. The van der Waals surface area contributed by atoms with Crippen molar-refractivity contribution in [2.75, 3.05) is 11.1 Å². The zero-order chi connectivity index (χ0) is 17.8. The second-order valence-electron chi connectivity index (χ2n) is 5.00. The van der Waals surface area contributed by atoms with E-state index in [0.29, 0.717) is 21.8 Å². The molecular weight excluding hydrogens is 430 g/mol. The molecule has 0 unspecified atom stereocenters. The summed E-state index contributed by atoms with van der Waals surface area (Å²) in [5.74, 6) is -0.379. The molecule has 2 aliphatic rings. The summed E-state index contributed by atoms with van der Waals surface area (Å²) in [4.78, 5) is 35.1. The first-order valence-electron chi connectivity index (χ1n) is 7.11. The summed E-state index contributed by atoms with van der Waals surface area (Å²) >= 11 is 5.70. The van der Waals surface area contributed by atoms with Crippen LogP contribution in [0.4, 0.5) is 5.69 Å². The molecule has 2 saturated heterocycles. The number of halogens is 1. The van der Waals surface area contributed by atoms with Gasteiger partial charge in [-0.1, -0.05) is 39.5 Å². The molecule has 1 aromatic carbocycles. The summed E-state index contributed by atoms with van der Waals surface area (Å²) in [6.45, 7) is 0. The van der Waals surface area contributed by atoms with Crippen molar-refractivity contribution in [3.63, 3.8) is 0 Å². The molecular formula is C14H12BrN5O3S2. The molecule has 1 atom stereocenters. The molecule has 25 heavy (non-hydrogen) atoms. The van der Waals surface area contributed by atoms with Crippen LogP contribution in [-0.4, -0.2) is 39.1 Å². The maximum absolute atomic E-state index is 12.1. The zero-order valence-corrected chi connectivity index (χ0v) is 15.8. The van der Waals surface area contributed by atoms with Gasteiger partial charge in [-0.2, -0.15) is 0 Å². The predicted molar refractivity (Wildman–Crippen MR) is 102 cm³/mol. The van der Waals surface area contributed by atoms with E-state index < -0.39 is 5.25 Å². The molecule has 0 radical (unpaired) electrons. The van der Waals surface area contributed by atoms with Crippen molar-refractivity contribution in [1.82, 2.24) is 10.6 Å². The lowest BCUT2D eigenvalue weighted by atomic mass is 10.2. The number of hydrogen-bond acceptors (Lipinski definition) is 7. The summed E-state index contributed by atoms with van der Waals surface area (Å²) < 4.78 is 0.912. The normalized spacial score (nSPS) is 23.0. The molecule has 1 aromatic rings. The van der Waals surface area contributed by atoms with Crippen LogP contribution in [0.1, 0.15) is 6.42 Å². The lowest BCUT2D eigenvalue weighted by Crippen LogP contribution is -2.28. The number of rotatable bonds is 4. The summed E-state index contributed by atoms with van der Waals surface area (Å²) in [7, 11) is 0. The van der Waals surface area contributed by atoms with Gasteiger partial charge in [0, 0.05) is 16.6 Å². The minimum Gasteiger partial charge on any atom is -0.326 e. The van der Waals surface area contributed by atoms with Crippen LogP contribution in [0.25, 0.3) is 0 Å². The molecule has 0 aliphatic carbocycles. The Hall–Kier alpha value is -1.85. The molecule has 130 valence electrons. The third-order valence-electron chi connectivity index (χ3n) is 3.09. The molecule has 0 spiro atoms. The Morgan fingerprint density at radius 1 is 1.20 bits per heavy atom. The Morgan fingerprint density at radius 2 is 1.92 bits per heavy atom. The van der Waals surface area contributed by atoms with E-state index in [0.717, 1.165) is 16.2 Å². The molecule has 8 nitrogen and oxygen atoms in total. The number of nitrogens with one attached hydrogen (secondary N) is 3. The Bertz CT molecular complexity index is 781. The fourth-order valence-corrected chi connectivity index (χ4v) is 3.78. The third kappa shape index (κ3) is 5.06. The van der Waals surface area contributed by atoms with Crippen LogP contribution in [-0.2, 0) is 14.4 Å². The Labute approximate surface area is 159 Å². The molecule has 0 bridgehead atoms. The van der Waals surface area contributed by atoms with Crippen molar-refractivity contribution in [1.29, 1.82) is 0 Å². The molecule has 2 aliphatic heterocycles. The van der Waals surface area contributed by atoms with Crippen molar-refractivity contribution >= 4 is 73.2 Å². The first-order chi connectivity index (χ1) is 12.0. The first kappa shape index (κ1) is 18.0. The third-order valence-corrected chi connectivity index (χ3v) is 5.56. The minimum absolute atomic E-state index is 0.0215. The maximum atomic E-state index is 12.1. The number of carbonyl (C=O) groups excluding carboxylic acids is 3. The molecule has 11 heteroatoms. The monoisotopic (exact) mass is 441 g/mol. The van der Waals surface area contributed by atoms with E-state index >= 15 is 0 Å². The molecule has 2 fully saturated rings. The molecule has 3 amide bonds. The van der Waals surface area contributed by atoms with Crippen molar-refractivity contribution < 1.29 is 14.4 Å². The average Bonchev–Trinajstić information content (AvgIpc) is 3.14. The Kier molecular flexibility index (Phi) is 5.76. The number of amidine groups is 2. The van der Waals surface area contributed by atoms with Crippen molar-refractivity contribution in [3.8, 4) is 0 Å². The minimum atomic E-state index is -0.569. The van der Waals surface area contributed by atoms with Gasteiger partial charge >= 0.3 is 0 Å². The summed E-state index contributed by atoms with van der Waals surface area (Å²) in [6.07, 6.45) is 0.0215. The predicted octanol–water partition coefficient (Wildman–Crippen LogP) is 1.50. The topological polar surface area (TPSA) is 112 Å². The lowest BCUT2D eigenvalue weighted by molar-refractivity contribution is -0.122. The van der Waals surface area contributed by atoms with E-state index in [9.17, 15) is 14.4 Å². The highest BCUT2D eigenvalue weighted by Crippen LogP contribution is 2.23. The van der Waals surface area contributed by atoms with Gasteiger partial charge < -0.3 is 16.0 Å². The number of thioether (sulfide) groups is 2. The molecule has 3 rings (SSSR count). The van der Waals surface area contributed by atoms with E-state index in [1.54, 1.807) is 12.1 Å².